The van der Waals surface area contributed by atoms with Crippen LogP contribution >= 0.6 is 20.8 Å². The molecule has 38 valence electrons. The molecule has 0 bridgehead atoms. The van der Waals surface area contributed by atoms with Crippen LogP contribution in [0, 0.1) is 0 Å². The van der Waals surface area contributed by atoms with Gasteiger partial charge in [0.05, 0.1) is 11.2 Å². The lowest BCUT2D eigenvalue weighted by Gasteiger charge is -2.01. The number of hydrogen-bond donors (Lipinski definition) is 1. The quantitative estimate of drug-likeness (QED) is 0.407. The van der Waals surface area contributed by atoms with Gasteiger partial charge in [0, 0.05) is 0 Å². The molecule has 0 radical (unpaired) electrons. The van der Waals surface area contributed by atoms with Crippen LogP contribution in [0.3, 0.4) is 0 Å². The molecule has 0 aromatic rings. The molecule has 0 saturated carbocycles. The SMILES string of the molecule is CC(O)C(P)Cl. The van der Waals surface area contributed by atoms with Crippen molar-refractivity contribution < 1.29 is 5.11 Å². The molecule has 3 atom stereocenters. The first-order valence-corrected chi connectivity index (χ1v) is 2.82. The average molecular weight is 127 g/mol. The van der Waals surface area contributed by atoms with Gasteiger partial charge in [0.25, 0.3) is 0 Å². The Hall–Kier alpha value is 0.680. The Balaban J connectivity index is 2.99. The lowest BCUT2D eigenvalue weighted by molar-refractivity contribution is 0.211. The molecule has 0 spiro atoms. The first-order valence-electron chi connectivity index (χ1n) is 1.72. The van der Waals surface area contributed by atoms with E-state index in [0.29, 0.717) is 0 Å². The standard InChI is InChI=1S/C3H8ClOP/c1-2(5)3(4)6/h2-3,5H,6H2,1H3. The highest BCUT2D eigenvalue weighted by Crippen LogP contribution is 2.08. The zero-order valence-corrected chi connectivity index (χ0v) is 5.47. The molecule has 1 nitrogen and oxygen atoms in total. The van der Waals surface area contributed by atoms with E-state index < -0.39 is 6.10 Å². The fourth-order valence-corrected chi connectivity index (χ4v) is 0. The van der Waals surface area contributed by atoms with Crippen LogP contribution in [0.25, 0.3) is 0 Å². The second kappa shape index (κ2) is 2.79. The van der Waals surface area contributed by atoms with E-state index in [1.54, 1.807) is 6.92 Å². The van der Waals surface area contributed by atoms with Crippen LogP contribution in [0.1, 0.15) is 6.92 Å². The van der Waals surface area contributed by atoms with Crippen molar-refractivity contribution >= 4 is 20.8 Å². The van der Waals surface area contributed by atoms with E-state index in [1.165, 1.54) is 0 Å². The van der Waals surface area contributed by atoms with E-state index in [4.69, 9.17) is 16.7 Å². The summed E-state index contributed by atoms with van der Waals surface area (Å²) in [5, 5.41) is 8.27. The van der Waals surface area contributed by atoms with Gasteiger partial charge in [0.1, 0.15) is 0 Å². The van der Waals surface area contributed by atoms with Crippen molar-refractivity contribution in [1.29, 1.82) is 0 Å². The van der Waals surface area contributed by atoms with E-state index in [0.717, 1.165) is 0 Å². The van der Waals surface area contributed by atoms with Crippen molar-refractivity contribution in [2.75, 3.05) is 0 Å². The Kier molecular flexibility index (Phi) is 3.10. The van der Waals surface area contributed by atoms with Gasteiger partial charge in [-0.05, 0) is 6.92 Å². The van der Waals surface area contributed by atoms with Gasteiger partial charge in [-0.25, -0.2) is 0 Å². The van der Waals surface area contributed by atoms with Gasteiger partial charge in [-0.1, -0.05) is 0 Å². The maximum absolute atomic E-state index is 8.48. The lowest BCUT2D eigenvalue weighted by atomic mass is 10.5. The maximum atomic E-state index is 8.48. The minimum absolute atomic E-state index is 0.204. The van der Waals surface area contributed by atoms with Crippen molar-refractivity contribution in [3.05, 3.63) is 0 Å². The molecular formula is C3H8ClOP. The summed E-state index contributed by atoms with van der Waals surface area (Å²) in [5.41, 5.74) is 0. The van der Waals surface area contributed by atoms with Crippen molar-refractivity contribution in [2.24, 2.45) is 0 Å². The van der Waals surface area contributed by atoms with Gasteiger partial charge in [0.2, 0.25) is 0 Å². The molecular weight excluding hydrogens is 118 g/mol. The molecule has 3 unspecified atom stereocenters. The van der Waals surface area contributed by atoms with Crippen LogP contribution in [0.4, 0.5) is 0 Å². The summed E-state index contributed by atoms with van der Waals surface area (Å²) in [5.74, 6) is 0. The molecule has 0 heterocycles. The van der Waals surface area contributed by atoms with Crippen LogP contribution in [0.5, 0.6) is 0 Å². The van der Waals surface area contributed by atoms with E-state index in [2.05, 4.69) is 9.24 Å². The summed E-state index contributed by atoms with van der Waals surface area (Å²) >= 11 is 5.33. The molecule has 0 aliphatic rings. The number of hydrogen-bond acceptors (Lipinski definition) is 1. The summed E-state index contributed by atoms with van der Waals surface area (Å²) in [6.07, 6.45) is -0.420. The second-order valence-corrected chi connectivity index (χ2v) is 2.83. The van der Waals surface area contributed by atoms with Gasteiger partial charge in [-0.2, -0.15) is 0 Å². The minimum Gasteiger partial charge on any atom is -0.392 e. The van der Waals surface area contributed by atoms with E-state index in [1.807, 2.05) is 0 Å². The molecule has 0 rings (SSSR count). The Morgan fingerprint density at radius 1 is 1.83 bits per heavy atom. The predicted octanol–water partition coefficient (Wildman–Crippen LogP) is 0.807. The number of alkyl halides is 1. The lowest BCUT2D eigenvalue weighted by Crippen LogP contribution is -2.07. The fourth-order valence-electron chi connectivity index (χ4n) is 0. The van der Waals surface area contributed by atoms with E-state index in [-0.39, 0.29) is 5.12 Å². The Morgan fingerprint density at radius 2 is 2.00 bits per heavy atom. The summed E-state index contributed by atoms with van der Waals surface area (Å²) in [4.78, 5) is 0. The maximum Gasteiger partial charge on any atom is 0.0731 e. The van der Waals surface area contributed by atoms with Gasteiger partial charge in [0.15, 0.2) is 0 Å². The topological polar surface area (TPSA) is 20.2 Å². The summed E-state index contributed by atoms with van der Waals surface area (Å²) in [7, 11) is 2.29. The smallest absolute Gasteiger partial charge is 0.0731 e. The third-order valence-electron chi connectivity index (χ3n) is 0.461. The highest BCUT2D eigenvalue weighted by Gasteiger charge is 2.00. The van der Waals surface area contributed by atoms with Gasteiger partial charge in [-0.15, -0.1) is 20.8 Å². The molecule has 0 saturated heterocycles. The van der Waals surface area contributed by atoms with Crippen LogP contribution < -0.4 is 0 Å². The Morgan fingerprint density at radius 3 is 2.00 bits per heavy atom. The minimum atomic E-state index is -0.420. The first kappa shape index (κ1) is 6.68. The molecule has 0 aliphatic carbocycles. The summed E-state index contributed by atoms with van der Waals surface area (Å²) < 4.78 is 0. The molecule has 0 aromatic heterocycles. The van der Waals surface area contributed by atoms with E-state index >= 15 is 0 Å². The fraction of sp³-hybridized carbons (Fsp3) is 1.00. The largest absolute Gasteiger partial charge is 0.392 e. The summed E-state index contributed by atoms with van der Waals surface area (Å²) in [6.45, 7) is 1.64. The first-order chi connectivity index (χ1) is 2.64. The molecule has 0 fully saturated rings. The third kappa shape index (κ3) is 2.89. The molecule has 3 heteroatoms. The highest BCUT2D eigenvalue weighted by molar-refractivity contribution is 7.21. The van der Waals surface area contributed by atoms with Crippen LogP contribution in [-0.4, -0.2) is 16.3 Å². The molecule has 1 N–H and O–H groups in total. The van der Waals surface area contributed by atoms with Crippen molar-refractivity contribution in [1.82, 2.24) is 0 Å². The molecule has 6 heavy (non-hydrogen) atoms. The van der Waals surface area contributed by atoms with Gasteiger partial charge < -0.3 is 5.11 Å². The molecule has 0 amide bonds. The monoisotopic (exact) mass is 126 g/mol. The predicted molar refractivity (Wildman–Crippen MR) is 31.0 cm³/mol. The molecule has 0 aliphatic heterocycles. The van der Waals surface area contributed by atoms with Gasteiger partial charge >= 0.3 is 0 Å². The third-order valence-corrected chi connectivity index (χ3v) is 1.38. The number of aliphatic hydroxyl groups excluding tert-OH is 1. The Labute approximate surface area is 44.9 Å². The zero-order chi connectivity index (χ0) is 5.15. The normalized spacial score (nSPS) is 20.0. The van der Waals surface area contributed by atoms with Crippen molar-refractivity contribution in [2.45, 2.75) is 18.1 Å². The second-order valence-electron chi connectivity index (χ2n) is 1.19. The van der Waals surface area contributed by atoms with Gasteiger partial charge in [-0.3, -0.25) is 0 Å². The van der Waals surface area contributed by atoms with Crippen molar-refractivity contribution in [3.8, 4) is 0 Å². The van der Waals surface area contributed by atoms with Crippen LogP contribution in [0.2, 0.25) is 0 Å². The zero-order valence-electron chi connectivity index (χ0n) is 3.56. The van der Waals surface area contributed by atoms with Crippen LogP contribution in [0.15, 0.2) is 0 Å². The van der Waals surface area contributed by atoms with Crippen molar-refractivity contribution in [3.63, 3.8) is 0 Å². The highest BCUT2D eigenvalue weighted by atomic mass is 35.5. The van der Waals surface area contributed by atoms with Crippen LogP contribution in [-0.2, 0) is 0 Å². The Bertz CT molecular complexity index is 31.8. The average Bonchev–Trinajstić information content (AvgIpc) is 1.36. The number of aliphatic hydroxyl groups is 1. The molecule has 0 aromatic carbocycles. The van der Waals surface area contributed by atoms with E-state index in [9.17, 15) is 0 Å². The number of halogens is 1. The summed E-state index contributed by atoms with van der Waals surface area (Å²) in [6, 6.07) is 0. The number of rotatable bonds is 1.